The maximum absolute atomic E-state index is 10.0. The summed E-state index contributed by atoms with van der Waals surface area (Å²) in [6.07, 6.45) is 4.80. The van der Waals surface area contributed by atoms with E-state index < -0.39 is 39.2 Å². The Hall–Kier alpha value is 0.168. The Kier molecular flexibility index (Phi) is 18.2. The molecular formula is C17H33Cl2NO4Pt. The Bertz CT molecular complexity index is 335. The third kappa shape index (κ3) is 22.1. The van der Waals surface area contributed by atoms with E-state index in [-0.39, 0.29) is 6.04 Å². The fraction of sp³-hybridized carbons (Fsp3) is 0.824. The molecule has 8 heteroatoms. The van der Waals surface area contributed by atoms with Crippen molar-refractivity contribution in [2.75, 3.05) is 0 Å². The van der Waals surface area contributed by atoms with Crippen molar-refractivity contribution >= 4 is 30.8 Å². The Labute approximate surface area is 169 Å². The third-order valence-corrected chi connectivity index (χ3v) is 3.19. The first kappa shape index (κ1) is 29.9. The predicted molar refractivity (Wildman–Crippen MR) is 101 cm³/mol. The molecule has 0 spiro atoms. The first-order valence-corrected chi connectivity index (χ1v) is 13.6. The second kappa shape index (κ2) is 15.2. The number of carbonyl (C=O) groups is 2. The van der Waals surface area contributed by atoms with E-state index in [2.05, 4.69) is 6.92 Å². The number of carboxylic acids is 2. The van der Waals surface area contributed by atoms with Gasteiger partial charge in [0, 0.05) is 0 Å². The predicted octanol–water partition coefficient (Wildman–Crippen LogP) is 6.04. The second-order valence-electron chi connectivity index (χ2n) is 7.81. The summed E-state index contributed by atoms with van der Waals surface area (Å²) in [6.45, 7) is 13.9. The van der Waals surface area contributed by atoms with E-state index >= 15 is 0 Å². The Morgan fingerprint density at radius 3 is 1.32 bits per heavy atom. The molecule has 0 aromatic rings. The van der Waals surface area contributed by atoms with Crippen molar-refractivity contribution in [1.82, 2.24) is 0 Å². The van der Waals surface area contributed by atoms with E-state index in [4.69, 9.17) is 34.8 Å². The Morgan fingerprint density at radius 1 is 0.960 bits per heavy atom. The Balaban J connectivity index is -0.000000270. The summed E-state index contributed by atoms with van der Waals surface area (Å²) < 4.78 is 0. The van der Waals surface area contributed by atoms with Crippen molar-refractivity contribution in [2.45, 2.75) is 73.3 Å². The van der Waals surface area contributed by atoms with Crippen LogP contribution in [0.25, 0.3) is 5.73 Å². The summed E-state index contributed by atoms with van der Waals surface area (Å²) in [7, 11) is 9.75. The molecule has 0 bridgehead atoms. The first-order chi connectivity index (χ1) is 11.1. The van der Waals surface area contributed by atoms with Gasteiger partial charge < -0.3 is 22.9 Å². The van der Waals surface area contributed by atoms with Gasteiger partial charge in [0.25, 0.3) is 0 Å². The van der Waals surface area contributed by atoms with E-state index in [0.717, 1.165) is 6.42 Å². The molecule has 1 aliphatic rings. The molecule has 0 radical (unpaired) electrons. The molecule has 1 rings (SSSR count). The minimum atomic E-state index is -0.757. The number of nitrogens with one attached hydrogen (secondary N) is 1. The van der Waals surface area contributed by atoms with E-state index in [1.54, 1.807) is 41.5 Å². The summed E-state index contributed by atoms with van der Waals surface area (Å²) >= 11 is -0.472. The molecule has 154 valence electrons. The van der Waals surface area contributed by atoms with Gasteiger partial charge in [-0.3, -0.25) is 9.59 Å². The number of halogens is 2. The van der Waals surface area contributed by atoms with Crippen molar-refractivity contribution in [3.05, 3.63) is 12.7 Å². The summed E-state index contributed by atoms with van der Waals surface area (Å²) in [5.74, 6) is -1.09. The maximum atomic E-state index is 10.0. The van der Waals surface area contributed by atoms with Crippen molar-refractivity contribution < 1.29 is 36.3 Å². The molecule has 25 heavy (non-hydrogen) atoms. The fourth-order valence-corrected chi connectivity index (χ4v) is 1.21. The van der Waals surface area contributed by atoms with Crippen LogP contribution in [0.3, 0.4) is 0 Å². The number of hydrogen-bond acceptors (Lipinski definition) is 2. The zero-order valence-corrected chi connectivity index (χ0v) is 19.8. The van der Waals surface area contributed by atoms with Crippen molar-refractivity contribution in [3.8, 4) is 0 Å². The molecule has 0 aromatic heterocycles. The van der Waals surface area contributed by atoms with Crippen molar-refractivity contribution in [2.24, 2.45) is 16.7 Å². The quantitative estimate of drug-likeness (QED) is 0.341. The normalized spacial score (nSPS) is 19.9. The van der Waals surface area contributed by atoms with E-state index in [9.17, 15) is 9.59 Å². The fourth-order valence-electron chi connectivity index (χ4n) is 1.21. The summed E-state index contributed by atoms with van der Waals surface area (Å²) in [5, 5.41) is 16.5. The van der Waals surface area contributed by atoms with Gasteiger partial charge in [0.05, 0.1) is 10.8 Å². The SMILES string of the molecule is CC(C)(C)C(=O)O.CC(C)(C)C(=O)O.[CH2-][C@@H]1CCCC[C@H]1[NH-].[Cl][Pt+2][Cl]. The van der Waals surface area contributed by atoms with Crippen LogP contribution in [0.4, 0.5) is 0 Å². The van der Waals surface area contributed by atoms with Crippen LogP contribution in [0, 0.1) is 23.7 Å². The third-order valence-electron chi connectivity index (χ3n) is 3.19. The second-order valence-corrected chi connectivity index (χ2v) is 11.1. The van der Waals surface area contributed by atoms with Crippen LogP contribution in [0.15, 0.2) is 0 Å². The van der Waals surface area contributed by atoms with Crippen molar-refractivity contribution in [1.29, 1.82) is 0 Å². The molecule has 0 saturated heterocycles. The van der Waals surface area contributed by atoms with Gasteiger partial charge >= 0.3 is 47.3 Å². The monoisotopic (exact) mass is 580 g/mol. The molecule has 0 unspecified atom stereocenters. The minimum absolute atomic E-state index is 0.142. The molecule has 2 atom stereocenters. The van der Waals surface area contributed by atoms with Gasteiger partial charge in [-0.05, 0) is 41.5 Å². The number of carboxylic acid groups (broad SMARTS) is 2. The molecule has 3 N–H and O–H groups in total. The van der Waals surface area contributed by atoms with E-state index in [0.29, 0.717) is 5.92 Å². The standard InChI is InChI=1S/C7H13N.2C5H10O2.2ClH.Pt/c1-6-4-2-3-5-7(6)8;2*1-5(2,3)4(6)7;;;/h6-8H,1-5H2;2*1-3H3,(H,6,7);2*1H;/q-2;;;;;+4/p-2/t6-,7-;;;;;/m1...../s1. The molecule has 1 saturated carbocycles. The average molecular weight is 581 g/mol. The summed E-state index contributed by atoms with van der Waals surface area (Å²) in [5.41, 5.74) is 6.25. The topological polar surface area (TPSA) is 98.4 Å². The van der Waals surface area contributed by atoms with Gasteiger partial charge in [-0.25, -0.2) is 0 Å². The first-order valence-electron chi connectivity index (χ1n) is 7.94. The van der Waals surface area contributed by atoms with Gasteiger partial charge in [-0.15, -0.1) is 0 Å². The zero-order chi connectivity index (χ0) is 20.8. The molecule has 0 amide bonds. The molecular weight excluding hydrogens is 548 g/mol. The average Bonchev–Trinajstić information content (AvgIpc) is 2.42. The van der Waals surface area contributed by atoms with Crippen LogP contribution >= 0.6 is 18.8 Å². The molecule has 1 aliphatic carbocycles. The Morgan fingerprint density at radius 2 is 1.20 bits per heavy atom. The van der Waals surface area contributed by atoms with Gasteiger partial charge in [-0.2, -0.15) is 12.0 Å². The molecule has 5 nitrogen and oxygen atoms in total. The molecule has 0 aromatic carbocycles. The van der Waals surface area contributed by atoms with E-state index in [1.165, 1.54) is 19.3 Å². The number of hydrogen-bond donors (Lipinski definition) is 2. The number of rotatable bonds is 0. The summed E-state index contributed by atoms with van der Waals surface area (Å²) in [6, 6.07) is 0.142. The van der Waals surface area contributed by atoms with E-state index in [1.807, 2.05) is 0 Å². The van der Waals surface area contributed by atoms with Crippen LogP contribution in [0.5, 0.6) is 0 Å². The van der Waals surface area contributed by atoms with Crippen LogP contribution in [0.1, 0.15) is 67.2 Å². The van der Waals surface area contributed by atoms with Gasteiger partial charge in [0.1, 0.15) is 0 Å². The van der Waals surface area contributed by atoms with Gasteiger partial charge in [0.15, 0.2) is 0 Å². The van der Waals surface area contributed by atoms with Gasteiger partial charge in [0.2, 0.25) is 0 Å². The number of aliphatic carboxylic acids is 2. The summed E-state index contributed by atoms with van der Waals surface area (Å²) in [4.78, 5) is 20.0. The molecule has 1 fully saturated rings. The van der Waals surface area contributed by atoms with Crippen LogP contribution in [-0.2, 0) is 26.1 Å². The van der Waals surface area contributed by atoms with Gasteiger partial charge in [-0.1, -0.05) is 25.7 Å². The van der Waals surface area contributed by atoms with Crippen LogP contribution in [-0.4, -0.2) is 28.2 Å². The van der Waals surface area contributed by atoms with Crippen LogP contribution in [0.2, 0.25) is 0 Å². The molecule has 0 heterocycles. The van der Waals surface area contributed by atoms with Crippen molar-refractivity contribution in [3.63, 3.8) is 0 Å². The molecule has 0 aliphatic heterocycles. The zero-order valence-electron chi connectivity index (χ0n) is 16.0. The van der Waals surface area contributed by atoms with Crippen LogP contribution < -0.4 is 0 Å².